The van der Waals surface area contributed by atoms with E-state index in [9.17, 15) is 35.9 Å². The molecular weight excluding hydrogens is 400 g/mol. The van der Waals surface area contributed by atoms with E-state index < -0.39 is 36.3 Å². The van der Waals surface area contributed by atoms with Crippen LogP contribution in [0.1, 0.15) is 23.7 Å². The summed E-state index contributed by atoms with van der Waals surface area (Å²) in [6.45, 7) is 0.615. The monoisotopic (exact) mass is 417 g/mol. The normalized spacial score (nSPS) is 12.2. The first kappa shape index (κ1) is 23.2. The predicted octanol–water partition coefficient (Wildman–Crippen LogP) is 2.92. The average Bonchev–Trinajstić information content (AvgIpc) is 2.61. The fourth-order valence-electron chi connectivity index (χ4n) is 2.18. The zero-order chi connectivity index (χ0) is 21.8. The number of urea groups is 1. The molecule has 0 fully saturated rings. The summed E-state index contributed by atoms with van der Waals surface area (Å²) in [5, 5.41) is 0.848. The van der Waals surface area contributed by atoms with E-state index in [-0.39, 0.29) is 17.1 Å². The molecule has 0 aliphatic heterocycles. The second-order valence-corrected chi connectivity index (χ2v) is 5.36. The van der Waals surface area contributed by atoms with Crippen LogP contribution in [0.5, 0.6) is 11.5 Å². The maximum atomic E-state index is 13.0. The Morgan fingerprint density at radius 2 is 1.46 bits per heavy atom. The van der Waals surface area contributed by atoms with E-state index in [2.05, 4.69) is 0 Å². The largest absolute Gasteiger partial charge is 0.493 e. The van der Waals surface area contributed by atoms with Crippen LogP contribution in [-0.2, 0) is 0 Å². The lowest BCUT2D eigenvalue weighted by atomic mass is 9.94. The number of halogens is 6. The Morgan fingerprint density at radius 3 is 1.89 bits per heavy atom. The van der Waals surface area contributed by atoms with Crippen molar-refractivity contribution in [1.29, 1.82) is 0 Å². The summed E-state index contributed by atoms with van der Waals surface area (Å²) < 4.78 is 87.8. The number of carbonyl (C=O) groups is 2. The van der Waals surface area contributed by atoms with E-state index in [0.29, 0.717) is 6.92 Å². The summed E-state index contributed by atoms with van der Waals surface area (Å²) in [5.41, 5.74) is -1.42. The number of hydrogen-bond donors (Lipinski definition) is 3. The lowest BCUT2D eigenvalue weighted by Gasteiger charge is -2.36. The Labute approximate surface area is 155 Å². The molecule has 158 valence electrons. The third-order valence-electron chi connectivity index (χ3n) is 3.76. The molecule has 3 amide bonds. The van der Waals surface area contributed by atoms with Crippen LogP contribution in [0.25, 0.3) is 0 Å². The fraction of sp³-hybridized carbons (Fsp3) is 0.467. The van der Waals surface area contributed by atoms with Crippen LogP contribution < -0.4 is 25.6 Å². The molecule has 0 heterocycles. The maximum absolute atomic E-state index is 13.0. The molecule has 0 bridgehead atoms. The summed E-state index contributed by atoms with van der Waals surface area (Å²) >= 11 is 0. The molecule has 0 radical (unpaired) electrons. The van der Waals surface area contributed by atoms with Crippen molar-refractivity contribution >= 4 is 11.9 Å². The molecular formula is C15H17F6N3O4. The molecule has 0 saturated heterocycles. The highest BCUT2D eigenvalue weighted by atomic mass is 19.4. The van der Waals surface area contributed by atoms with E-state index in [0.717, 1.165) is 5.32 Å². The van der Waals surface area contributed by atoms with E-state index >= 15 is 0 Å². The quantitative estimate of drug-likeness (QED) is 0.508. The minimum Gasteiger partial charge on any atom is -0.493 e. The standard InChI is InChI=1S/C15H17F6N3O4/c1-4-13(14(16,17)18,15(19,20)21)22-12(26)24-23-11(25)8-5-6-9(27-2)10(7-8)28-3/h5-7H,4H2,1-3H3,(H,23,25)(H2,22,24,26). The van der Waals surface area contributed by atoms with Crippen molar-refractivity contribution in [2.24, 2.45) is 0 Å². The van der Waals surface area contributed by atoms with Gasteiger partial charge in [0.1, 0.15) is 0 Å². The summed E-state index contributed by atoms with van der Waals surface area (Å²) in [6.07, 6.45) is -13.1. The number of alkyl halides is 6. The number of methoxy groups -OCH3 is 2. The first-order valence-corrected chi connectivity index (χ1v) is 7.57. The molecule has 1 aromatic rings. The van der Waals surface area contributed by atoms with Crippen LogP contribution in [0, 0.1) is 0 Å². The Hall–Kier alpha value is -2.86. The van der Waals surface area contributed by atoms with Gasteiger partial charge >= 0.3 is 18.4 Å². The topological polar surface area (TPSA) is 88.7 Å². The summed E-state index contributed by atoms with van der Waals surface area (Å²) in [6, 6.07) is 1.86. The predicted molar refractivity (Wildman–Crippen MR) is 83.8 cm³/mol. The van der Waals surface area contributed by atoms with Crippen molar-refractivity contribution in [2.75, 3.05) is 14.2 Å². The van der Waals surface area contributed by atoms with Gasteiger partial charge in [-0.25, -0.2) is 10.2 Å². The molecule has 3 N–H and O–H groups in total. The molecule has 7 nitrogen and oxygen atoms in total. The number of ether oxygens (including phenoxy) is 2. The Morgan fingerprint density at radius 1 is 0.929 bits per heavy atom. The molecule has 0 aromatic heterocycles. The fourth-order valence-corrected chi connectivity index (χ4v) is 2.18. The van der Waals surface area contributed by atoms with Crippen molar-refractivity contribution in [3.05, 3.63) is 23.8 Å². The molecule has 0 aliphatic carbocycles. The molecule has 0 unspecified atom stereocenters. The smallest absolute Gasteiger partial charge is 0.420 e. The first-order valence-electron chi connectivity index (χ1n) is 7.57. The third-order valence-corrected chi connectivity index (χ3v) is 3.76. The van der Waals surface area contributed by atoms with Gasteiger partial charge in [0.15, 0.2) is 11.5 Å². The van der Waals surface area contributed by atoms with E-state index in [1.54, 1.807) is 5.43 Å². The van der Waals surface area contributed by atoms with Crippen LogP contribution in [-0.4, -0.2) is 44.0 Å². The minimum absolute atomic E-state index is 0.105. The number of nitrogens with one attached hydrogen (secondary N) is 3. The van der Waals surface area contributed by atoms with Crippen LogP contribution in [0.2, 0.25) is 0 Å². The number of rotatable bonds is 5. The summed E-state index contributed by atoms with van der Waals surface area (Å²) in [5.74, 6) is -0.608. The minimum atomic E-state index is -5.81. The molecule has 0 spiro atoms. The first-order chi connectivity index (χ1) is 12.8. The van der Waals surface area contributed by atoms with Crippen LogP contribution in [0.3, 0.4) is 0 Å². The SMILES string of the molecule is CCC(NC(=O)NNC(=O)c1ccc(OC)c(OC)c1)(C(F)(F)F)C(F)(F)F. The van der Waals surface area contributed by atoms with Crippen LogP contribution in [0.15, 0.2) is 18.2 Å². The van der Waals surface area contributed by atoms with Crippen molar-refractivity contribution in [3.8, 4) is 11.5 Å². The highest BCUT2D eigenvalue weighted by Crippen LogP contribution is 2.45. The zero-order valence-corrected chi connectivity index (χ0v) is 14.8. The Balaban J connectivity index is 2.90. The van der Waals surface area contributed by atoms with Crippen molar-refractivity contribution < 1.29 is 45.4 Å². The highest BCUT2D eigenvalue weighted by Gasteiger charge is 2.70. The second-order valence-electron chi connectivity index (χ2n) is 5.36. The number of benzene rings is 1. The molecule has 0 aliphatic rings. The van der Waals surface area contributed by atoms with Gasteiger partial charge in [-0.15, -0.1) is 0 Å². The van der Waals surface area contributed by atoms with Crippen molar-refractivity contribution in [2.45, 2.75) is 31.2 Å². The Kier molecular flexibility index (Phi) is 6.99. The average molecular weight is 417 g/mol. The van der Waals surface area contributed by atoms with E-state index in [1.807, 2.05) is 0 Å². The van der Waals surface area contributed by atoms with Gasteiger partial charge in [-0.05, 0) is 24.6 Å². The summed E-state index contributed by atoms with van der Waals surface area (Å²) in [4.78, 5) is 23.5. The highest BCUT2D eigenvalue weighted by molar-refractivity contribution is 5.95. The van der Waals surface area contributed by atoms with Crippen LogP contribution >= 0.6 is 0 Å². The van der Waals surface area contributed by atoms with Gasteiger partial charge < -0.3 is 14.8 Å². The molecule has 1 rings (SSSR count). The molecule has 28 heavy (non-hydrogen) atoms. The van der Waals surface area contributed by atoms with Gasteiger partial charge in [0.2, 0.25) is 5.54 Å². The van der Waals surface area contributed by atoms with Crippen molar-refractivity contribution in [1.82, 2.24) is 16.2 Å². The van der Waals surface area contributed by atoms with Crippen molar-refractivity contribution in [3.63, 3.8) is 0 Å². The maximum Gasteiger partial charge on any atom is 0.420 e. The van der Waals surface area contributed by atoms with Gasteiger partial charge in [0, 0.05) is 5.56 Å². The molecule has 0 saturated carbocycles. The second kappa shape index (κ2) is 8.44. The zero-order valence-electron chi connectivity index (χ0n) is 14.8. The lowest BCUT2D eigenvalue weighted by Crippen LogP contribution is -2.69. The van der Waals surface area contributed by atoms with Gasteiger partial charge in [0.25, 0.3) is 5.91 Å². The number of hydrazine groups is 1. The number of carbonyl (C=O) groups excluding carboxylic acids is 2. The van der Waals surface area contributed by atoms with Gasteiger partial charge in [-0.2, -0.15) is 26.3 Å². The van der Waals surface area contributed by atoms with E-state index in [4.69, 9.17) is 9.47 Å². The Bertz CT molecular complexity index is 707. The number of hydrogen-bond acceptors (Lipinski definition) is 4. The van der Waals surface area contributed by atoms with Gasteiger partial charge in [0.05, 0.1) is 14.2 Å². The third kappa shape index (κ3) is 4.70. The lowest BCUT2D eigenvalue weighted by molar-refractivity contribution is -0.304. The summed E-state index contributed by atoms with van der Waals surface area (Å²) in [7, 11) is 2.62. The van der Waals surface area contributed by atoms with Gasteiger partial charge in [-0.3, -0.25) is 10.2 Å². The number of amides is 3. The van der Waals surface area contributed by atoms with E-state index in [1.165, 1.54) is 37.8 Å². The molecule has 13 heteroatoms. The van der Waals surface area contributed by atoms with Gasteiger partial charge in [-0.1, -0.05) is 6.92 Å². The molecule has 0 atom stereocenters. The molecule has 1 aromatic carbocycles. The van der Waals surface area contributed by atoms with Crippen LogP contribution in [0.4, 0.5) is 31.1 Å².